The Labute approximate surface area is 168 Å². The lowest BCUT2D eigenvalue weighted by Crippen LogP contribution is -2.31. The van der Waals surface area contributed by atoms with Gasteiger partial charge in [-0.2, -0.15) is 17.0 Å². The molecular weight excluding hydrogens is 372 g/mol. The van der Waals surface area contributed by atoms with Crippen LogP contribution in [0.1, 0.15) is 27.3 Å². The largest absolute Gasteiger partial charge is 0.329 e. The van der Waals surface area contributed by atoms with E-state index < -0.39 is 0 Å². The van der Waals surface area contributed by atoms with Crippen LogP contribution in [0.5, 0.6) is 0 Å². The van der Waals surface area contributed by atoms with Crippen LogP contribution in [0, 0.1) is 11.3 Å². The minimum atomic E-state index is 0.701. The lowest BCUT2D eigenvalue weighted by Gasteiger charge is -2.26. The predicted octanol–water partition coefficient (Wildman–Crippen LogP) is 4.16. The molecule has 0 aliphatic carbocycles. The van der Waals surface area contributed by atoms with Gasteiger partial charge in [-0.25, -0.2) is 4.98 Å². The van der Waals surface area contributed by atoms with Gasteiger partial charge in [-0.15, -0.1) is 11.3 Å². The topological polar surface area (TPSA) is 44.9 Å². The number of thioether (sulfide) groups is 1. The summed E-state index contributed by atoms with van der Waals surface area (Å²) in [6, 6.07) is 12.2. The lowest BCUT2D eigenvalue weighted by atomic mass is 10.1. The molecule has 138 valence electrons. The number of nitriles is 1. The van der Waals surface area contributed by atoms with Crippen LogP contribution in [-0.2, 0) is 25.3 Å². The smallest absolute Gasteiger partial charge is 0.0991 e. The van der Waals surface area contributed by atoms with E-state index in [1.165, 1.54) is 29.8 Å². The minimum Gasteiger partial charge on any atom is -0.329 e. The fourth-order valence-electron chi connectivity index (χ4n) is 3.36. The first-order valence-corrected chi connectivity index (χ1v) is 11.2. The van der Waals surface area contributed by atoms with E-state index in [9.17, 15) is 0 Å². The number of benzene rings is 1. The van der Waals surface area contributed by atoms with Gasteiger partial charge in [0.1, 0.15) is 0 Å². The molecule has 0 bridgehead atoms. The van der Waals surface area contributed by atoms with E-state index in [2.05, 4.69) is 32.0 Å². The van der Waals surface area contributed by atoms with E-state index in [4.69, 9.17) is 5.26 Å². The molecule has 1 aromatic carbocycles. The highest BCUT2D eigenvalue weighted by Crippen LogP contribution is 2.24. The van der Waals surface area contributed by atoms with Gasteiger partial charge in [0.25, 0.3) is 0 Å². The van der Waals surface area contributed by atoms with Crippen molar-refractivity contribution in [3.63, 3.8) is 0 Å². The lowest BCUT2D eigenvalue weighted by molar-refractivity contribution is 0.272. The second-order valence-electron chi connectivity index (χ2n) is 6.77. The molecule has 3 aromatic rings. The number of thiophene rings is 1. The van der Waals surface area contributed by atoms with Crippen molar-refractivity contribution < 1.29 is 0 Å². The van der Waals surface area contributed by atoms with E-state index >= 15 is 0 Å². The number of aromatic nitrogens is 2. The van der Waals surface area contributed by atoms with E-state index in [0.717, 1.165) is 31.1 Å². The third kappa shape index (κ3) is 4.62. The van der Waals surface area contributed by atoms with Crippen LogP contribution >= 0.6 is 23.1 Å². The van der Waals surface area contributed by atoms with Gasteiger partial charge in [-0.3, -0.25) is 4.90 Å². The van der Waals surface area contributed by atoms with Gasteiger partial charge in [0.05, 0.1) is 18.0 Å². The summed E-state index contributed by atoms with van der Waals surface area (Å²) in [7, 11) is 0. The maximum Gasteiger partial charge on any atom is 0.0991 e. The van der Waals surface area contributed by atoms with Gasteiger partial charge in [-0.1, -0.05) is 12.1 Å². The first-order chi connectivity index (χ1) is 13.3. The molecule has 0 N–H and O–H groups in total. The Hall–Kier alpha value is -2.07. The van der Waals surface area contributed by atoms with Crippen molar-refractivity contribution in [3.8, 4) is 6.07 Å². The Kier molecular flexibility index (Phi) is 5.93. The van der Waals surface area contributed by atoms with Crippen molar-refractivity contribution >= 4 is 23.1 Å². The third-order valence-electron chi connectivity index (χ3n) is 4.92. The maximum absolute atomic E-state index is 8.91. The number of hydrogen-bond acceptors (Lipinski definition) is 5. The quantitative estimate of drug-likeness (QED) is 0.565. The molecule has 0 fully saturated rings. The summed E-state index contributed by atoms with van der Waals surface area (Å²) in [6.07, 6.45) is 5.07. The number of nitrogens with zero attached hydrogens (tertiary/aromatic N) is 4. The fraction of sp³-hybridized carbons (Fsp3) is 0.333. The minimum absolute atomic E-state index is 0.701. The summed E-state index contributed by atoms with van der Waals surface area (Å²) < 4.78 is 2.20. The summed E-state index contributed by atoms with van der Waals surface area (Å²) in [5.41, 5.74) is 4.67. The van der Waals surface area contributed by atoms with Gasteiger partial charge < -0.3 is 4.57 Å². The van der Waals surface area contributed by atoms with Crippen molar-refractivity contribution in [2.24, 2.45) is 0 Å². The Morgan fingerprint density at radius 3 is 2.96 bits per heavy atom. The van der Waals surface area contributed by atoms with Gasteiger partial charge in [0.15, 0.2) is 0 Å². The molecule has 0 amide bonds. The summed E-state index contributed by atoms with van der Waals surface area (Å²) in [4.78, 5) is 8.47. The van der Waals surface area contributed by atoms with Crippen molar-refractivity contribution in [2.75, 3.05) is 18.8 Å². The Morgan fingerprint density at radius 2 is 2.11 bits per heavy atom. The van der Waals surface area contributed by atoms with Crippen molar-refractivity contribution in [1.82, 2.24) is 14.5 Å². The molecule has 1 aliphatic rings. The summed E-state index contributed by atoms with van der Waals surface area (Å²) in [5.74, 6) is 2.12. The molecule has 4 nitrogen and oxygen atoms in total. The summed E-state index contributed by atoms with van der Waals surface area (Å²) in [6.45, 7) is 4.24. The maximum atomic E-state index is 8.91. The number of rotatable bonds is 7. The van der Waals surface area contributed by atoms with E-state index in [1.807, 2.05) is 59.9 Å². The van der Waals surface area contributed by atoms with Crippen molar-refractivity contribution in [2.45, 2.75) is 25.3 Å². The van der Waals surface area contributed by atoms with Crippen molar-refractivity contribution in [1.29, 1.82) is 5.26 Å². The average Bonchev–Trinajstić information content (AvgIpc) is 3.34. The van der Waals surface area contributed by atoms with E-state index in [0.29, 0.717) is 5.56 Å². The molecule has 1 aliphatic heterocycles. The molecule has 4 rings (SSSR count). The van der Waals surface area contributed by atoms with Gasteiger partial charge in [-0.05, 0) is 41.1 Å². The fourth-order valence-corrected chi connectivity index (χ4v) is 5.23. The number of hydrogen-bond donors (Lipinski definition) is 0. The highest BCUT2D eigenvalue weighted by atomic mass is 32.2. The SMILES string of the molecule is N#Cc1ccc(Cn2cncc2CSCCN2CCc3sccc3C2)cc1. The standard InChI is InChI=1S/C21H22N4S2/c22-11-17-1-3-18(4-2-17)13-25-16-23-12-20(25)15-26-10-8-24-7-5-21-19(14-24)6-9-27-21/h1-4,6,9,12,16H,5,7-8,10,13-15H2. The molecule has 2 aromatic heterocycles. The van der Waals surface area contributed by atoms with Crippen LogP contribution in [-0.4, -0.2) is 33.3 Å². The normalized spacial score (nSPS) is 14.0. The molecule has 0 spiro atoms. The molecule has 0 saturated carbocycles. The number of fused-ring (bicyclic) bond motifs is 1. The third-order valence-corrected chi connectivity index (χ3v) is 6.92. The van der Waals surface area contributed by atoms with Crippen LogP contribution < -0.4 is 0 Å². The molecular formula is C21H22N4S2. The summed E-state index contributed by atoms with van der Waals surface area (Å²) in [5, 5.41) is 11.1. The monoisotopic (exact) mass is 394 g/mol. The van der Waals surface area contributed by atoms with E-state index in [1.54, 1.807) is 4.88 Å². The molecule has 6 heteroatoms. The van der Waals surface area contributed by atoms with Gasteiger partial charge in [0, 0.05) is 54.5 Å². The first kappa shape index (κ1) is 18.3. The second-order valence-corrected chi connectivity index (χ2v) is 8.88. The molecule has 0 atom stereocenters. The molecule has 0 saturated heterocycles. The molecule has 0 radical (unpaired) electrons. The highest BCUT2D eigenvalue weighted by Gasteiger charge is 2.16. The Bertz CT molecular complexity index is 920. The second kappa shape index (κ2) is 8.75. The molecule has 27 heavy (non-hydrogen) atoms. The predicted molar refractivity (Wildman–Crippen MR) is 112 cm³/mol. The van der Waals surface area contributed by atoms with Crippen LogP contribution in [0.3, 0.4) is 0 Å². The number of imidazole rings is 1. The van der Waals surface area contributed by atoms with Crippen molar-refractivity contribution in [3.05, 3.63) is 75.5 Å². The average molecular weight is 395 g/mol. The molecule has 3 heterocycles. The zero-order valence-corrected chi connectivity index (χ0v) is 16.8. The summed E-state index contributed by atoms with van der Waals surface area (Å²) >= 11 is 3.88. The Balaban J connectivity index is 1.25. The van der Waals surface area contributed by atoms with Gasteiger partial charge in [0.2, 0.25) is 0 Å². The van der Waals surface area contributed by atoms with Crippen LogP contribution in [0.2, 0.25) is 0 Å². The van der Waals surface area contributed by atoms with Crippen LogP contribution in [0.25, 0.3) is 0 Å². The van der Waals surface area contributed by atoms with E-state index in [-0.39, 0.29) is 0 Å². The Morgan fingerprint density at radius 1 is 1.22 bits per heavy atom. The molecule has 0 unspecified atom stereocenters. The first-order valence-electron chi connectivity index (χ1n) is 9.15. The van der Waals surface area contributed by atoms with Crippen LogP contribution in [0.15, 0.2) is 48.2 Å². The van der Waals surface area contributed by atoms with Crippen LogP contribution in [0.4, 0.5) is 0 Å². The van der Waals surface area contributed by atoms with Gasteiger partial charge >= 0.3 is 0 Å². The zero-order chi connectivity index (χ0) is 18.5. The zero-order valence-electron chi connectivity index (χ0n) is 15.2. The highest BCUT2D eigenvalue weighted by molar-refractivity contribution is 7.98.